The van der Waals surface area contributed by atoms with Crippen molar-refractivity contribution in [2.24, 2.45) is 5.92 Å². The van der Waals surface area contributed by atoms with Gasteiger partial charge in [0.25, 0.3) is 0 Å². The molecule has 1 aliphatic heterocycles. The lowest BCUT2D eigenvalue weighted by atomic mass is 10.00. The van der Waals surface area contributed by atoms with E-state index in [1.54, 1.807) is 6.20 Å². The Bertz CT molecular complexity index is 869. The number of hydrogen-bond acceptors (Lipinski definition) is 5. The molecule has 1 N–H and O–H groups in total. The van der Waals surface area contributed by atoms with Gasteiger partial charge in [-0.3, -0.25) is 4.98 Å². The van der Waals surface area contributed by atoms with Crippen LogP contribution in [0, 0.1) is 12.8 Å². The molecule has 0 radical (unpaired) electrons. The van der Waals surface area contributed by atoms with Gasteiger partial charge in [0.2, 0.25) is 0 Å². The van der Waals surface area contributed by atoms with Crippen LogP contribution in [0.5, 0.6) is 0 Å². The van der Waals surface area contributed by atoms with E-state index in [1.807, 2.05) is 18.6 Å². The fourth-order valence-electron chi connectivity index (χ4n) is 3.36. The number of rotatable bonds is 4. The first-order valence-electron chi connectivity index (χ1n) is 8.76. The fraction of sp³-hybridized carbons (Fsp3) is 0.421. The third-order valence-corrected chi connectivity index (χ3v) is 4.92. The number of ether oxygens (including phenoxy) is 1. The number of aromatic amines is 1. The summed E-state index contributed by atoms with van der Waals surface area (Å²) in [4.78, 5) is 19.1. The van der Waals surface area contributed by atoms with Crippen LogP contribution in [0.25, 0.3) is 22.3 Å². The Balaban J connectivity index is 1.58. The van der Waals surface area contributed by atoms with Crippen molar-refractivity contribution in [2.75, 3.05) is 31.7 Å². The average molecular weight is 337 g/mol. The Kier molecular flexibility index (Phi) is 4.36. The molecule has 25 heavy (non-hydrogen) atoms. The summed E-state index contributed by atoms with van der Waals surface area (Å²) in [5, 5.41) is 1.13. The predicted octanol–water partition coefficient (Wildman–Crippen LogP) is 3.19. The monoisotopic (exact) mass is 337 g/mol. The summed E-state index contributed by atoms with van der Waals surface area (Å²) < 4.78 is 5.45. The molecule has 0 atom stereocenters. The Morgan fingerprint density at radius 2 is 2.08 bits per heavy atom. The van der Waals surface area contributed by atoms with Gasteiger partial charge in [-0.25, -0.2) is 9.97 Å². The normalized spacial score (nSPS) is 15.6. The molecule has 4 rings (SSSR count). The molecule has 4 heterocycles. The molecule has 6 heteroatoms. The van der Waals surface area contributed by atoms with Crippen molar-refractivity contribution in [3.05, 3.63) is 36.4 Å². The lowest BCUT2D eigenvalue weighted by Gasteiger charge is -2.27. The van der Waals surface area contributed by atoms with Crippen molar-refractivity contribution >= 4 is 16.9 Å². The molecule has 0 unspecified atom stereocenters. The van der Waals surface area contributed by atoms with Crippen molar-refractivity contribution in [2.45, 2.75) is 19.8 Å². The summed E-state index contributed by atoms with van der Waals surface area (Å²) in [5.74, 6) is 1.56. The summed E-state index contributed by atoms with van der Waals surface area (Å²) in [6.45, 7) is 4.79. The van der Waals surface area contributed by atoms with Gasteiger partial charge in [-0.05, 0) is 37.3 Å². The van der Waals surface area contributed by atoms with Gasteiger partial charge in [0, 0.05) is 50.1 Å². The molecule has 0 saturated carbocycles. The molecule has 3 aromatic heterocycles. The molecule has 3 aromatic rings. The number of H-pyrrole nitrogens is 1. The fourth-order valence-corrected chi connectivity index (χ4v) is 3.36. The lowest BCUT2D eigenvalue weighted by molar-refractivity contribution is 0.0685. The van der Waals surface area contributed by atoms with Crippen LogP contribution in [0.1, 0.15) is 18.4 Å². The van der Waals surface area contributed by atoms with Crippen molar-refractivity contribution in [3.63, 3.8) is 0 Å². The predicted molar refractivity (Wildman–Crippen MR) is 98.7 cm³/mol. The minimum atomic E-state index is 0.657. The quantitative estimate of drug-likeness (QED) is 0.792. The highest BCUT2D eigenvalue weighted by atomic mass is 16.5. The van der Waals surface area contributed by atoms with Crippen LogP contribution in [0.4, 0.5) is 5.82 Å². The molecular weight excluding hydrogens is 314 g/mol. The van der Waals surface area contributed by atoms with Gasteiger partial charge in [0.15, 0.2) is 0 Å². The SMILES string of the molecule is Cc1c[nH]c2ncc(-c3cncc(N(C)CC4CCOCC4)n3)cc12. The maximum Gasteiger partial charge on any atom is 0.147 e. The van der Waals surface area contributed by atoms with Crippen molar-refractivity contribution in [1.82, 2.24) is 19.9 Å². The first kappa shape index (κ1) is 16.0. The van der Waals surface area contributed by atoms with E-state index in [-0.39, 0.29) is 0 Å². The van der Waals surface area contributed by atoms with Gasteiger partial charge < -0.3 is 14.6 Å². The third kappa shape index (κ3) is 3.35. The standard InChI is InChI=1S/C19H23N5O/c1-13-8-21-19-16(13)7-15(9-22-19)17-10-20-11-18(23-17)24(2)12-14-3-5-25-6-4-14/h7-11,14H,3-6,12H2,1-2H3,(H,21,22). The van der Waals surface area contributed by atoms with E-state index in [0.717, 1.165) is 60.7 Å². The minimum absolute atomic E-state index is 0.657. The third-order valence-electron chi connectivity index (χ3n) is 4.92. The van der Waals surface area contributed by atoms with E-state index in [0.29, 0.717) is 5.92 Å². The molecule has 1 fully saturated rings. The molecule has 0 aromatic carbocycles. The number of nitrogens with zero attached hydrogens (tertiary/aromatic N) is 4. The Morgan fingerprint density at radius 1 is 1.24 bits per heavy atom. The number of pyridine rings is 1. The zero-order chi connectivity index (χ0) is 17.2. The number of nitrogens with one attached hydrogen (secondary N) is 1. The van der Waals surface area contributed by atoms with Crippen LogP contribution >= 0.6 is 0 Å². The van der Waals surface area contributed by atoms with Gasteiger partial charge in [-0.2, -0.15) is 0 Å². The van der Waals surface area contributed by atoms with Crippen LogP contribution in [-0.2, 0) is 4.74 Å². The summed E-state index contributed by atoms with van der Waals surface area (Å²) in [7, 11) is 2.08. The summed E-state index contributed by atoms with van der Waals surface area (Å²) in [6, 6.07) is 2.13. The Labute approximate surface area is 147 Å². The molecule has 0 amide bonds. The van der Waals surface area contributed by atoms with Gasteiger partial charge in [-0.15, -0.1) is 0 Å². The highest BCUT2D eigenvalue weighted by Gasteiger charge is 2.17. The van der Waals surface area contributed by atoms with E-state index >= 15 is 0 Å². The largest absolute Gasteiger partial charge is 0.381 e. The van der Waals surface area contributed by atoms with E-state index in [2.05, 4.69) is 39.9 Å². The van der Waals surface area contributed by atoms with Gasteiger partial charge in [-0.1, -0.05) is 0 Å². The molecule has 0 spiro atoms. The van der Waals surface area contributed by atoms with Gasteiger partial charge in [0.05, 0.1) is 18.1 Å². The Hall–Kier alpha value is -2.47. The van der Waals surface area contributed by atoms with E-state index < -0.39 is 0 Å². The van der Waals surface area contributed by atoms with Crippen molar-refractivity contribution in [1.29, 1.82) is 0 Å². The van der Waals surface area contributed by atoms with Crippen LogP contribution < -0.4 is 4.90 Å². The van der Waals surface area contributed by atoms with E-state index in [4.69, 9.17) is 9.72 Å². The first-order valence-corrected chi connectivity index (χ1v) is 8.76. The topological polar surface area (TPSA) is 66.9 Å². The van der Waals surface area contributed by atoms with Crippen molar-refractivity contribution in [3.8, 4) is 11.3 Å². The second kappa shape index (κ2) is 6.80. The van der Waals surface area contributed by atoms with E-state index in [1.165, 1.54) is 5.56 Å². The van der Waals surface area contributed by atoms with Crippen LogP contribution in [-0.4, -0.2) is 46.7 Å². The minimum Gasteiger partial charge on any atom is -0.381 e. The van der Waals surface area contributed by atoms with Crippen LogP contribution in [0.3, 0.4) is 0 Å². The number of anilines is 1. The molecule has 1 aliphatic rings. The lowest BCUT2D eigenvalue weighted by Crippen LogP contribution is -2.30. The number of aromatic nitrogens is 4. The van der Waals surface area contributed by atoms with E-state index in [9.17, 15) is 0 Å². The molecule has 130 valence electrons. The van der Waals surface area contributed by atoms with Crippen LogP contribution in [0.2, 0.25) is 0 Å². The second-order valence-corrected chi connectivity index (χ2v) is 6.79. The molecule has 0 bridgehead atoms. The van der Waals surface area contributed by atoms with Crippen molar-refractivity contribution < 1.29 is 4.74 Å². The molecule has 1 saturated heterocycles. The molecular formula is C19H23N5O. The maximum absolute atomic E-state index is 5.45. The van der Waals surface area contributed by atoms with Gasteiger partial charge in [0.1, 0.15) is 11.5 Å². The average Bonchev–Trinajstić information content (AvgIpc) is 3.03. The first-order chi connectivity index (χ1) is 12.2. The zero-order valence-corrected chi connectivity index (χ0v) is 14.7. The van der Waals surface area contributed by atoms with Gasteiger partial charge >= 0.3 is 0 Å². The second-order valence-electron chi connectivity index (χ2n) is 6.79. The zero-order valence-electron chi connectivity index (χ0n) is 14.7. The highest BCUT2D eigenvalue weighted by Crippen LogP contribution is 2.24. The number of hydrogen-bond donors (Lipinski definition) is 1. The number of aryl methyl sites for hydroxylation is 1. The maximum atomic E-state index is 5.45. The molecule has 6 nitrogen and oxygen atoms in total. The number of fused-ring (bicyclic) bond motifs is 1. The summed E-state index contributed by atoms with van der Waals surface area (Å²) in [6.07, 6.45) is 9.69. The smallest absolute Gasteiger partial charge is 0.147 e. The molecule has 0 aliphatic carbocycles. The Morgan fingerprint density at radius 3 is 2.92 bits per heavy atom. The summed E-state index contributed by atoms with van der Waals surface area (Å²) in [5.41, 5.74) is 3.93. The summed E-state index contributed by atoms with van der Waals surface area (Å²) >= 11 is 0. The highest BCUT2D eigenvalue weighted by molar-refractivity contribution is 5.83. The van der Waals surface area contributed by atoms with Crippen LogP contribution in [0.15, 0.2) is 30.9 Å².